The number of nitrogens with zero attached hydrogens (tertiary/aromatic N) is 4. The Balaban J connectivity index is 0.000000154. The third-order valence-electron chi connectivity index (χ3n) is 16.4. The predicted octanol–water partition coefficient (Wildman–Crippen LogP) is 23.0. The van der Waals surface area contributed by atoms with E-state index in [2.05, 4.69) is 382 Å². The molecule has 8 heteroatoms. The van der Waals surface area contributed by atoms with Crippen molar-refractivity contribution in [2.75, 3.05) is 15.9 Å². The van der Waals surface area contributed by atoms with Crippen molar-refractivity contribution in [1.29, 1.82) is 5.15 Å². The summed E-state index contributed by atoms with van der Waals surface area (Å²) >= 11 is 0. The summed E-state index contributed by atoms with van der Waals surface area (Å²) in [5, 5.41) is 12.6. The number of fused-ring (bicyclic) bond motifs is 8. The highest BCUT2D eigenvalue weighted by Crippen LogP contribution is 2.42. The van der Waals surface area contributed by atoms with Crippen LogP contribution in [0.15, 0.2) is 340 Å². The fourth-order valence-electron chi connectivity index (χ4n) is 12.4. The minimum atomic E-state index is 0.667. The van der Waals surface area contributed by atoms with Crippen LogP contribution in [-0.4, -0.2) is 23.0 Å². The summed E-state index contributed by atoms with van der Waals surface area (Å²) in [5.74, 6) is 0. The quantitative estimate of drug-likeness (QED) is 0.109. The molecule has 0 aliphatic carbocycles. The van der Waals surface area contributed by atoms with Gasteiger partial charge in [-0.25, -0.2) is 0 Å². The van der Waals surface area contributed by atoms with Gasteiger partial charge < -0.3 is 18.9 Å². The lowest BCUT2D eigenvalue weighted by atomic mass is 10.0. The van der Waals surface area contributed by atoms with Crippen LogP contribution in [0.5, 0.6) is 0 Å². The zero-order valence-corrected chi connectivity index (χ0v) is 51.1. The first-order valence-corrected chi connectivity index (χ1v) is 31.0. The van der Waals surface area contributed by atoms with Crippen molar-refractivity contribution in [3.05, 3.63) is 340 Å². The highest BCUT2D eigenvalue weighted by molar-refractivity contribution is 7.19. The maximum Gasteiger partial charge on any atom is 0.192 e. The molecule has 2 radical (unpaired) electrons. The van der Waals surface area contributed by atoms with Crippen LogP contribution in [0.4, 0.5) is 34.1 Å². The lowest BCUT2D eigenvalue weighted by molar-refractivity contribution is 1.18. The van der Waals surface area contributed by atoms with Gasteiger partial charge in [0.25, 0.3) is 0 Å². The second-order valence-electron chi connectivity index (χ2n) is 21.5. The molecule has 1 unspecified atom stereocenters. The van der Waals surface area contributed by atoms with E-state index in [0.717, 1.165) is 34.1 Å². The van der Waals surface area contributed by atoms with Gasteiger partial charge in [0.15, 0.2) is 1.41 Å². The molecule has 0 aliphatic rings. The normalized spacial score (nSPS) is 11.0. The molecule has 2 aromatic heterocycles. The van der Waals surface area contributed by atoms with Crippen molar-refractivity contribution in [2.45, 2.75) is 0 Å². The monoisotopic (exact) mass is 1180 g/mol. The number of anilines is 6. The fraction of sp³-hybridized carbons (Fsp3) is 0.0123. The topological polar surface area (TPSA) is 40.2 Å². The average Bonchev–Trinajstić information content (AvgIpc) is 2.16. The van der Waals surface area contributed by atoms with Crippen LogP contribution >= 0.6 is 18.3 Å². The maximum absolute atomic E-state index is 5.75. The zero-order chi connectivity index (χ0) is 61.2. The van der Waals surface area contributed by atoms with E-state index in [1.165, 1.54) is 98.8 Å². The third kappa shape index (κ3) is 11.5. The lowest BCUT2D eigenvalue weighted by Gasteiger charge is -2.27. The van der Waals surface area contributed by atoms with Gasteiger partial charge in [-0.15, -0.1) is 9.24 Å². The number of benzene rings is 14. The van der Waals surface area contributed by atoms with Gasteiger partial charge in [-0.3, -0.25) is 5.15 Å². The summed E-state index contributed by atoms with van der Waals surface area (Å²) in [6.45, 7) is 0. The van der Waals surface area contributed by atoms with Crippen LogP contribution < -0.4 is 9.80 Å². The minimum Gasteiger partial charge on any atom is -0.310 e. The number of para-hydroxylation sites is 6. The molecule has 2 heterocycles. The van der Waals surface area contributed by atoms with Crippen molar-refractivity contribution in [1.82, 2.24) is 9.13 Å². The van der Waals surface area contributed by atoms with E-state index in [9.17, 15) is 0 Å². The van der Waals surface area contributed by atoms with E-state index in [-0.39, 0.29) is 0 Å². The predicted molar refractivity (Wildman–Crippen MR) is 388 cm³/mol. The van der Waals surface area contributed by atoms with Gasteiger partial charge >= 0.3 is 0 Å². The molecular formula is C81H62BN5P2. The van der Waals surface area contributed by atoms with Crippen LogP contribution in [0.25, 0.3) is 98.8 Å². The van der Waals surface area contributed by atoms with Gasteiger partial charge in [0.05, 0.1) is 41.3 Å². The summed E-state index contributed by atoms with van der Waals surface area (Å²) < 4.78 is 10.5. The van der Waals surface area contributed by atoms with Crippen LogP contribution in [-0.2, 0) is 0 Å². The lowest BCUT2D eigenvalue weighted by Crippen LogP contribution is -2.10. The molecule has 89 heavy (non-hydrogen) atoms. The molecule has 0 aliphatic heterocycles. The third-order valence-corrected chi connectivity index (χ3v) is 16.4. The Morgan fingerprint density at radius 1 is 0.303 bits per heavy atom. The molecule has 0 amide bonds. The molecule has 16 rings (SSSR count). The number of nitrogens with one attached hydrogen (secondary N) is 1. The number of hydrogen-bond donors (Lipinski definition) is 1. The highest BCUT2D eigenvalue weighted by Gasteiger charge is 2.19. The summed E-state index contributed by atoms with van der Waals surface area (Å²) in [7, 11) is 9.64. The molecular weight excluding hydrogens is 1120 g/mol. The Bertz CT molecular complexity index is 4660. The molecule has 1 N–H and O–H groups in total. The Morgan fingerprint density at radius 2 is 0.539 bits per heavy atom. The molecule has 0 bridgehead atoms. The molecule has 0 spiro atoms. The van der Waals surface area contributed by atoms with Gasteiger partial charge in [-0.05, 0) is 151 Å². The molecule has 16 aromatic rings. The van der Waals surface area contributed by atoms with Crippen molar-refractivity contribution < 1.29 is 1.41 Å². The largest absolute Gasteiger partial charge is 0.310 e. The van der Waals surface area contributed by atoms with E-state index in [0.29, 0.717) is 6.06 Å². The summed E-state index contributed by atoms with van der Waals surface area (Å²) in [6, 6.07) is 122. The Labute approximate surface area is 527 Å². The Kier molecular flexibility index (Phi) is 16.8. The Morgan fingerprint density at radius 3 is 0.854 bits per heavy atom. The first-order chi connectivity index (χ1) is 44.5. The van der Waals surface area contributed by atoms with Crippen LogP contribution in [0.1, 0.15) is 0 Å². The summed E-state index contributed by atoms with van der Waals surface area (Å²) in [4.78, 5) is 4.69. The van der Waals surface area contributed by atoms with Gasteiger partial charge in [0.2, 0.25) is 0 Å². The van der Waals surface area contributed by atoms with E-state index >= 15 is 0 Å². The van der Waals surface area contributed by atoms with Crippen molar-refractivity contribution >= 4 is 125 Å². The SMILES string of the molecule is [2H]N=P.[B]CP.c1ccc(N(c2ccc(-c3ccc(N(c4ccccc4)c4cccc5ccccc45)cc3)cc2)c2cccc3ccccc23)cc1.c1ccc2c(c1)c1ccccc1n2-c1ccc(-c2ccc(-n3c4ccccc4c4ccccc43)cc2)cc1. The average molecular weight is 1180 g/mol. The minimum absolute atomic E-state index is 0.667. The van der Waals surface area contributed by atoms with E-state index in [1.54, 1.807) is 0 Å². The maximum atomic E-state index is 5.75. The van der Waals surface area contributed by atoms with Crippen molar-refractivity contribution in [2.24, 2.45) is 0 Å². The Hall–Kier alpha value is -10.6. The van der Waals surface area contributed by atoms with Crippen molar-refractivity contribution in [3.8, 4) is 33.6 Å². The van der Waals surface area contributed by atoms with Crippen molar-refractivity contribution in [3.63, 3.8) is 0 Å². The summed E-state index contributed by atoms with van der Waals surface area (Å²) in [6.07, 6.45) is 0. The number of aromatic nitrogens is 2. The van der Waals surface area contributed by atoms with Gasteiger partial charge in [-0.1, -0.05) is 237 Å². The van der Waals surface area contributed by atoms with Gasteiger partial charge in [-0.2, -0.15) is 0 Å². The van der Waals surface area contributed by atoms with E-state index in [4.69, 9.17) is 9.26 Å². The fourth-order valence-corrected chi connectivity index (χ4v) is 12.4. The second kappa shape index (κ2) is 26.6. The molecule has 1 atom stereocenters. The highest BCUT2D eigenvalue weighted by atomic mass is 31.0. The first-order valence-electron chi connectivity index (χ1n) is 30.2. The van der Waals surface area contributed by atoms with Gasteiger partial charge in [0.1, 0.15) is 0 Å². The zero-order valence-electron chi connectivity index (χ0n) is 49.9. The number of rotatable bonds is 10. The first kappa shape index (κ1) is 56.2. The number of hydrogen-bond acceptors (Lipinski definition) is 3. The molecule has 0 saturated heterocycles. The van der Waals surface area contributed by atoms with Crippen LogP contribution in [0.3, 0.4) is 0 Å². The molecule has 0 fully saturated rings. The van der Waals surface area contributed by atoms with E-state index in [1.807, 2.05) is 0 Å². The standard InChI is InChI=1S/C44H32N2.C36H24N2.CH4BP.H2NP/c1-3-17-37(18-4-1)45(43-23-11-15-35-13-7-9-21-41(35)43)39-29-25-33(26-30-39)34-27-31-40(32-28-34)46(38-19-5-2-6-20-38)44-24-12-16-36-14-8-10-22-42(36)44;1-5-13-33-29(9-1)30-10-2-6-14-34(30)37(33)27-21-17-25(18-22-27)26-19-23-28(24-20-26)38-35-15-7-3-11-31(35)32-12-4-8-16-36(32)38;2-1-3;1-2/h1-32H;1-24H;1,3H2;1-2H/i/hD. The van der Waals surface area contributed by atoms with E-state index < -0.39 is 0 Å². The molecule has 424 valence electrons. The van der Waals surface area contributed by atoms with Gasteiger partial charge in [0, 0.05) is 66.4 Å². The summed E-state index contributed by atoms with van der Waals surface area (Å²) in [5.41, 5.74) is 18.9. The second-order valence-corrected chi connectivity index (χ2v) is 22.0. The van der Waals surface area contributed by atoms with Crippen LogP contribution in [0.2, 0.25) is 1.41 Å². The van der Waals surface area contributed by atoms with Crippen LogP contribution in [0, 0.1) is 5.15 Å². The molecule has 0 saturated carbocycles. The molecule has 5 nitrogen and oxygen atoms in total. The smallest absolute Gasteiger partial charge is 0.192 e. The molecule has 14 aromatic carbocycles.